The summed E-state index contributed by atoms with van der Waals surface area (Å²) in [5.41, 5.74) is -1.43. The highest BCUT2D eigenvalue weighted by molar-refractivity contribution is 9.10. The molecule has 1 aromatic carbocycles. The molecule has 0 bridgehead atoms. The van der Waals surface area contributed by atoms with E-state index in [2.05, 4.69) is 21.2 Å². The van der Waals surface area contributed by atoms with E-state index >= 15 is 0 Å². The van der Waals surface area contributed by atoms with Crippen molar-refractivity contribution < 1.29 is 28.6 Å². The van der Waals surface area contributed by atoms with Gasteiger partial charge in [-0.3, -0.25) is 4.79 Å². The van der Waals surface area contributed by atoms with Crippen LogP contribution in [0.2, 0.25) is 0 Å². The summed E-state index contributed by atoms with van der Waals surface area (Å²) in [4.78, 5) is 23.0. The number of carbonyl (C=O) groups excluding carboxylic acids is 1. The van der Waals surface area contributed by atoms with Crippen LogP contribution in [0.3, 0.4) is 0 Å². The van der Waals surface area contributed by atoms with E-state index in [9.17, 15) is 19.1 Å². The molecule has 1 aliphatic heterocycles. The number of carboxylic acid groups (broad SMARTS) is 1. The number of ether oxygens (including phenoxy) is 2. The average Bonchev–Trinajstić information content (AvgIpc) is 2.87. The fourth-order valence-corrected chi connectivity index (χ4v) is 2.26. The smallest absolute Gasteiger partial charge is 0.331 e. The van der Waals surface area contributed by atoms with Gasteiger partial charge in [-0.15, -0.1) is 0 Å². The molecule has 6 nitrogen and oxygen atoms in total. The fraction of sp³-hybridized carbons (Fsp3) is 0.385. The van der Waals surface area contributed by atoms with Gasteiger partial charge in [0.1, 0.15) is 0 Å². The van der Waals surface area contributed by atoms with Gasteiger partial charge in [0, 0.05) is 17.5 Å². The summed E-state index contributed by atoms with van der Waals surface area (Å²) in [6, 6.07) is 4.15. The summed E-state index contributed by atoms with van der Waals surface area (Å²) >= 11 is 3.10. The van der Waals surface area contributed by atoms with E-state index in [1.807, 2.05) is 0 Å². The van der Waals surface area contributed by atoms with Crippen molar-refractivity contribution in [3.63, 3.8) is 0 Å². The van der Waals surface area contributed by atoms with Crippen LogP contribution in [0, 0.1) is 5.82 Å². The van der Waals surface area contributed by atoms with E-state index in [-0.39, 0.29) is 25.4 Å². The van der Waals surface area contributed by atoms with Gasteiger partial charge < -0.3 is 19.9 Å². The van der Waals surface area contributed by atoms with Crippen molar-refractivity contribution in [1.82, 2.24) is 5.32 Å². The van der Waals surface area contributed by atoms with E-state index in [4.69, 9.17) is 9.47 Å². The number of benzene rings is 1. The lowest BCUT2D eigenvalue weighted by Gasteiger charge is -2.23. The van der Waals surface area contributed by atoms with Gasteiger partial charge in [0.2, 0.25) is 0 Å². The Kier molecular flexibility index (Phi) is 4.79. The van der Waals surface area contributed by atoms with E-state index in [1.54, 1.807) is 6.07 Å². The molecule has 0 aliphatic carbocycles. The fourth-order valence-electron chi connectivity index (χ4n) is 1.92. The SMILES string of the molecule is O=C(COc1ccc(Br)cc1F)NC1(C(=O)O)CCOC1. The van der Waals surface area contributed by atoms with Crippen molar-refractivity contribution in [2.45, 2.75) is 12.0 Å². The summed E-state index contributed by atoms with van der Waals surface area (Å²) < 4.78 is 24.1. The van der Waals surface area contributed by atoms with Crippen molar-refractivity contribution in [2.24, 2.45) is 0 Å². The van der Waals surface area contributed by atoms with Crippen molar-refractivity contribution in [3.05, 3.63) is 28.5 Å². The lowest BCUT2D eigenvalue weighted by molar-refractivity contribution is -0.148. The lowest BCUT2D eigenvalue weighted by Crippen LogP contribution is -2.56. The summed E-state index contributed by atoms with van der Waals surface area (Å²) in [6.45, 7) is -0.316. The molecule has 114 valence electrons. The predicted molar refractivity (Wildman–Crippen MR) is 73.5 cm³/mol. The van der Waals surface area contributed by atoms with Crippen LogP contribution < -0.4 is 10.1 Å². The van der Waals surface area contributed by atoms with Gasteiger partial charge in [0.25, 0.3) is 5.91 Å². The molecule has 0 radical (unpaired) electrons. The summed E-state index contributed by atoms with van der Waals surface area (Å²) in [7, 11) is 0. The van der Waals surface area contributed by atoms with Crippen molar-refractivity contribution in [1.29, 1.82) is 0 Å². The highest BCUT2D eigenvalue weighted by Gasteiger charge is 2.43. The second kappa shape index (κ2) is 6.40. The average molecular weight is 362 g/mol. The molecule has 1 saturated heterocycles. The van der Waals surface area contributed by atoms with Gasteiger partial charge in [-0.1, -0.05) is 15.9 Å². The van der Waals surface area contributed by atoms with Crippen LogP contribution in [-0.4, -0.2) is 42.3 Å². The molecular formula is C13H13BrFNO5. The molecule has 1 aromatic rings. The minimum absolute atomic E-state index is 0.0830. The topological polar surface area (TPSA) is 84.9 Å². The van der Waals surface area contributed by atoms with Gasteiger partial charge in [-0.25, -0.2) is 9.18 Å². The molecule has 1 fully saturated rings. The molecule has 1 atom stereocenters. The lowest BCUT2D eigenvalue weighted by atomic mass is 9.99. The summed E-state index contributed by atoms with van der Waals surface area (Å²) in [5, 5.41) is 11.5. The number of rotatable bonds is 5. The second-order valence-electron chi connectivity index (χ2n) is 4.60. The largest absolute Gasteiger partial charge is 0.481 e. The van der Waals surface area contributed by atoms with Crippen LogP contribution in [0.1, 0.15) is 6.42 Å². The Labute approximate surface area is 128 Å². The maximum atomic E-state index is 13.5. The first-order valence-corrected chi connectivity index (χ1v) is 6.92. The van der Waals surface area contributed by atoms with Gasteiger partial charge >= 0.3 is 5.97 Å². The Morgan fingerprint density at radius 2 is 2.29 bits per heavy atom. The first-order valence-electron chi connectivity index (χ1n) is 6.13. The minimum atomic E-state index is -1.43. The highest BCUT2D eigenvalue weighted by Crippen LogP contribution is 2.22. The predicted octanol–water partition coefficient (Wildman–Crippen LogP) is 1.33. The number of carboxylic acids is 1. The number of hydrogen-bond donors (Lipinski definition) is 2. The quantitative estimate of drug-likeness (QED) is 0.826. The Morgan fingerprint density at radius 3 is 2.86 bits per heavy atom. The Hall–Kier alpha value is -1.67. The van der Waals surface area contributed by atoms with Crippen molar-refractivity contribution in [3.8, 4) is 5.75 Å². The molecule has 2 rings (SSSR count). The van der Waals surface area contributed by atoms with Crippen molar-refractivity contribution >= 4 is 27.8 Å². The van der Waals surface area contributed by atoms with Crippen LogP contribution in [0.25, 0.3) is 0 Å². The van der Waals surface area contributed by atoms with Crippen molar-refractivity contribution in [2.75, 3.05) is 19.8 Å². The highest BCUT2D eigenvalue weighted by atomic mass is 79.9. The number of nitrogens with one attached hydrogen (secondary N) is 1. The van der Waals surface area contributed by atoms with Crippen LogP contribution >= 0.6 is 15.9 Å². The van der Waals surface area contributed by atoms with Gasteiger partial charge in [0.15, 0.2) is 23.7 Å². The van der Waals surface area contributed by atoms with E-state index in [0.717, 1.165) is 0 Å². The summed E-state index contributed by atoms with van der Waals surface area (Å²) in [5.74, 6) is -2.51. The Morgan fingerprint density at radius 1 is 1.52 bits per heavy atom. The first-order chi connectivity index (χ1) is 9.93. The minimum Gasteiger partial charge on any atom is -0.481 e. The van der Waals surface area contributed by atoms with E-state index in [0.29, 0.717) is 4.47 Å². The maximum absolute atomic E-state index is 13.5. The third kappa shape index (κ3) is 3.70. The monoisotopic (exact) mass is 361 g/mol. The Bertz CT molecular complexity index is 559. The molecule has 1 heterocycles. The van der Waals surface area contributed by atoms with Crippen LogP contribution in [0.4, 0.5) is 4.39 Å². The molecule has 21 heavy (non-hydrogen) atoms. The molecule has 8 heteroatoms. The third-order valence-corrected chi connectivity index (χ3v) is 3.56. The zero-order chi connectivity index (χ0) is 15.5. The molecule has 1 unspecified atom stereocenters. The number of carbonyl (C=O) groups is 2. The molecule has 1 aliphatic rings. The standard InChI is InChI=1S/C13H13BrFNO5/c14-8-1-2-10(9(15)5-8)21-6-11(17)16-13(12(18)19)3-4-20-7-13/h1-2,5H,3-4,6-7H2,(H,16,17)(H,18,19). The number of halogens is 2. The number of aliphatic carboxylic acids is 1. The first kappa shape index (κ1) is 15.7. The van der Waals surface area contributed by atoms with Crippen LogP contribution in [0.5, 0.6) is 5.75 Å². The molecular weight excluding hydrogens is 349 g/mol. The number of amides is 1. The van der Waals surface area contributed by atoms with Crippen LogP contribution in [-0.2, 0) is 14.3 Å². The zero-order valence-electron chi connectivity index (χ0n) is 10.9. The van der Waals surface area contributed by atoms with Crippen LogP contribution in [0.15, 0.2) is 22.7 Å². The summed E-state index contributed by atoms with van der Waals surface area (Å²) in [6.07, 6.45) is 0.181. The maximum Gasteiger partial charge on any atom is 0.331 e. The normalized spacial score (nSPS) is 21.0. The Balaban J connectivity index is 1.94. The molecule has 0 spiro atoms. The molecule has 0 aromatic heterocycles. The van der Waals surface area contributed by atoms with E-state index in [1.165, 1.54) is 12.1 Å². The van der Waals surface area contributed by atoms with Gasteiger partial charge in [-0.05, 0) is 18.2 Å². The molecule has 2 N–H and O–H groups in total. The van der Waals surface area contributed by atoms with E-state index < -0.39 is 29.8 Å². The number of hydrogen-bond acceptors (Lipinski definition) is 4. The third-order valence-electron chi connectivity index (χ3n) is 3.06. The van der Waals surface area contributed by atoms with Gasteiger partial charge in [0.05, 0.1) is 6.61 Å². The molecule has 1 amide bonds. The second-order valence-corrected chi connectivity index (χ2v) is 5.52. The zero-order valence-corrected chi connectivity index (χ0v) is 12.5. The van der Waals surface area contributed by atoms with Gasteiger partial charge in [-0.2, -0.15) is 0 Å². The molecule has 0 saturated carbocycles.